The largest absolute Gasteiger partial charge is 0.424 e. The fraction of sp³-hybridized carbons (Fsp3) is 0.286. The fourth-order valence-corrected chi connectivity index (χ4v) is 5.67. The number of fused-ring (bicyclic) bond motifs is 3. The average Bonchev–Trinajstić information content (AvgIpc) is 3.14. The highest BCUT2D eigenvalue weighted by atomic mass is 16.5. The Kier molecular flexibility index (Phi) is 5.41. The molecule has 2 bridgehead atoms. The summed E-state index contributed by atoms with van der Waals surface area (Å²) in [5.74, 6) is 1.27. The zero-order valence-corrected chi connectivity index (χ0v) is 18.9. The zero-order chi connectivity index (χ0) is 22.9. The number of aromatic nitrogens is 3. The van der Waals surface area contributed by atoms with Gasteiger partial charge in [-0.25, -0.2) is 9.97 Å². The third-order valence-electron chi connectivity index (χ3n) is 7.13. The Bertz CT molecular complexity index is 1310. The Hall–Kier alpha value is -3.80. The minimum Gasteiger partial charge on any atom is -0.424 e. The molecule has 0 N–H and O–H groups in total. The van der Waals surface area contributed by atoms with Crippen molar-refractivity contribution in [2.24, 2.45) is 5.92 Å². The van der Waals surface area contributed by atoms with Crippen molar-refractivity contribution in [3.05, 3.63) is 90.5 Å². The third-order valence-corrected chi connectivity index (χ3v) is 7.13. The van der Waals surface area contributed by atoms with Crippen molar-refractivity contribution in [1.82, 2.24) is 19.9 Å². The lowest BCUT2D eigenvalue weighted by Crippen LogP contribution is -2.46. The number of piperidine rings is 1. The number of carbonyl (C=O) groups is 1. The second-order valence-corrected chi connectivity index (χ2v) is 9.36. The van der Waals surface area contributed by atoms with Gasteiger partial charge in [-0.3, -0.25) is 9.78 Å². The van der Waals surface area contributed by atoms with E-state index in [2.05, 4.69) is 44.1 Å². The summed E-state index contributed by atoms with van der Waals surface area (Å²) in [7, 11) is 0. The second-order valence-electron chi connectivity index (χ2n) is 9.36. The van der Waals surface area contributed by atoms with E-state index >= 15 is 0 Å². The van der Waals surface area contributed by atoms with Gasteiger partial charge in [0.15, 0.2) is 0 Å². The minimum atomic E-state index is 0.0992. The number of nitrogens with zero attached hydrogens (tertiary/aromatic N) is 4. The van der Waals surface area contributed by atoms with Gasteiger partial charge in [-0.1, -0.05) is 18.2 Å². The fourth-order valence-electron chi connectivity index (χ4n) is 5.67. The summed E-state index contributed by atoms with van der Waals surface area (Å²) in [6, 6.07) is 18.7. The van der Waals surface area contributed by atoms with Crippen LogP contribution < -0.4 is 4.74 Å². The Balaban J connectivity index is 1.15. The van der Waals surface area contributed by atoms with Crippen molar-refractivity contribution in [3.63, 3.8) is 0 Å². The van der Waals surface area contributed by atoms with Crippen LogP contribution in [0.15, 0.2) is 79.4 Å². The quantitative estimate of drug-likeness (QED) is 0.405. The molecule has 1 amide bonds. The first-order valence-corrected chi connectivity index (χ1v) is 11.9. The highest BCUT2D eigenvalue weighted by Gasteiger charge is 2.43. The predicted octanol–water partition coefficient (Wildman–Crippen LogP) is 5.44. The molecule has 6 heteroatoms. The summed E-state index contributed by atoms with van der Waals surface area (Å²) in [6.45, 7) is 0. The summed E-state index contributed by atoms with van der Waals surface area (Å²) in [6.07, 6.45) is 12.4. The van der Waals surface area contributed by atoms with Crippen LogP contribution >= 0.6 is 0 Å². The molecule has 2 atom stereocenters. The van der Waals surface area contributed by atoms with Gasteiger partial charge < -0.3 is 9.64 Å². The van der Waals surface area contributed by atoms with Gasteiger partial charge in [0.25, 0.3) is 5.91 Å². The van der Waals surface area contributed by atoms with E-state index in [-0.39, 0.29) is 11.9 Å². The van der Waals surface area contributed by atoms with Gasteiger partial charge in [0.1, 0.15) is 5.75 Å². The van der Waals surface area contributed by atoms with Gasteiger partial charge in [0.05, 0.1) is 0 Å². The molecule has 34 heavy (non-hydrogen) atoms. The van der Waals surface area contributed by atoms with E-state index in [0.717, 1.165) is 32.1 Å². The van der Waals surface area contributed by atoms with Gasteiger partial charge in [0, 0.05) is 47.8 Å². The van der Waals surface area contributed by atoms with E-state index in [1.165, 1.54) is 16.3 Å². The summed E-state index contributed by atoms with van der Waals surface area (Å²) >= 11 is 0. The first-order chi connectivity index (χ1) is 16.7. The Morgan fingerprint density at radius 1 is 0.912 bits per heavy atom. The van der Waals surface area contributed by atoms with Crippen LogP contribution in [0.5, 0.6) is 11.8 Å². The maximum atomic E-state index is 13.5. The summed E-state index contributed by atoms with van der Waals surface area (Å²) in [5, 5.41) is 2.42. The number of hydrogen-bond acceptors (Lipinski definition) is 5. The monoisotopic (exact) mass is 450 g/mol. The van der Waals surface area contributed by atoms with Gasteiger partial charge in [-0.05, 0) is 85.4 Å². The highest BCUT2D eigenvalue weighted by molar-refractivity contribution is 5.95. The zero-order valence-electron chi connectivity index (χ0n) is 18.9. The Morgan fingerprint density at radius 2 is 1.74 bits per heavy atom. The molecule has 2 fully saturated rings. The summed E-state index contributed by atoms with van der Waals surface area (Å²) in [5.41, 5.74) is 2.02. The van der Waals surface area contributed by atoms with Crippen LogP contribution in [-0.4, -0.2) is 37.8 Å². The lowest BCUT2D eigenvalue weighted by molar-refractivity contribution is 0.0524. The first-order valence-electron chi connectivity index (χ1n) is 11.9. The summed E-state index contributed by atoms with van der Waals surface area (Å²) in [4.78, 5) is 28.1. The number of benzene rings is 2. The van der Waals surface area contributed by atoms with Crippen LogP contribution in [0.3, 0.4) is 0 Å². The molecule has 170 valence electrons. The van der Waals surface area contributed by atoms with Gasteiger partial charge >= 0.3 is 6.01 Å². The second kappa shape index (κ2) is 8.86. The molecule has 2 saturated heterocycles. The molecule has 2 aliphatic rings. The van der Waals surface area contributed by atoms with Crippen LogP contribution in [0.25, 0.3) is 10.8 Å². The molecule has 0 radical (unpaired) electrons. The number of pyridine rings is 1. The SMILES string of the molecule is O=C(c1cccc(Oc2ncccn2)c1)N1C2CCC1CC(Cc1ccc3ccncc3c1)C2. The molecule has 2 unspecified atom stereocenters. The molecule has 0 saturated carbocycles. The third kappa shape index (κ3) is 4.12. The van der Waals surface area contributed by atoms with Crippen LogP contribution in [-0.2, 0) is 6.42 Å². The van der Waals surface area contributed by atoms with Crippen molar-refractivity contribution in [2.75, 3.05) is 0 Å². The molecule has 0 aliphatic carbocycles. The molecule has 4 heterocycles. The smallest absolute Gasteiger partial charge is 0.321 e. The number of rotatable bonds is 5. The van der Waals surface area contributed by atoms with E-state index < -0.39 is 0 Å². The molecule has 4 aromatic rings. The Labute approximate surface area is 198 Å². The molecule has 6 rings (SSSR count). The maximum Gasteiger partial charge on any atom is 0.321 e. The first kappa shape index (κ1) is 20.8. The number of amides is 1. The topological polar surface area (TPSA) is 68.2 Å². The van der Waals surface area contributed by atoms with Gasteiger partial charge in [0.2, 0.25) is 0 Å². The molecule has 0 spiro atoms. The summed E-state index contributed by atoms with van der Waals surface area (Å²) < 4.78 is 5.74. The van der Waals surface area contributed by atoms with Crippen molar-refractivity contribution in [2.45, 2.75) is 44.2 Å². The number of ether oxygens (including phenoxy) is 1. The Morgan fingerprint density at radius 3 is 2.56 bits per heavy atom. The van der Waals surface area contributed by atoms with Crippen LogP contribution in [0.1, 0.15) is 41.6 Å². The molecular weight excluding hydrogens is 424 g/mol. The number of hydrogen-bond donors (Lipinski definition) is 0. The van der Waals surface area contributed by atoms with Crippen LogP contribution in [0.4, 0.5) is 0 Å². The molecule has 6 nitrogen and oxygen atoms in total. The van der Waals surface area contributed by atoms with Gasteiger partial charge in [-0.15, -0.1) is 0 Å². The predicted molar refractivity (Wildman–Crippen MR) is 130 cm³/mol. The van der Waals surface area contributed by atoms with Gasteiger partial charge in [-0.2, -0.15) is 0 Å². The van der Waals surface area contributed by atoms with E-state index in [1.54, 1.807) is 24.5 Å². The van der Waals surface area contributed by atoms with Crippen molar-refractivity contribution in [1.29, 1.82) is 0 Å². The molecule has 2 aromatic carbocycles. The van der Waals surface area contributed by atoms with Crippen molar-refractivity contribution in [3.8, 4) is 11.8 Å². The van der Waals surface area contributed by atoms with Crippen LogP contribution in [0.2, 0.25) is 0 Å². The lowest BCUT2D eigenvalue weighted by atomic mass is 9.85. The van der Waals surface area contributed by atoms with E-state index in [4.69, 9.17) is 4.74 Å². The van der Waals surface area contributed by atoms with E-state index in [9.17, 15) is 4.79 Å². The minimum absolute atomic E-state index is 0.0992. The standard InChI is InChI=1S/C28H26N4O2/c33-27(22-3-1-4-26(17-22)34-28-30-10-2-11-31-28)32-24-7-8-25(32)16-20(15-24)13-19-5-6-21-9-12-29-18-23(21)14-19/h1-6,9-12,14,17-18,20,24-25H,7-8,13,15-16H2. The highest BCUT2D eigenvalue weighted by Crippen LogP contribution is 2.41. The molecule has 2 aliphatic heterocycles. The molecular formula is C28H26N4O2. The van der Waals surface area contributed by atoms with E-state index in [1.807, 2.05) is 30.6 Å². The average molecular weight is 451 g/mol. The maximum absolute atomic E-state index is 13.5. The molecule has 2 aromatic heterocycles. The normalized spacial score (nSPS) is 21.5. The van der Waals surface area contributed by atoms with Crippen LogP contribution in [0, 0.1) is 5.92 Å². The number of carbonyl (C=O) groups excluding carboxylic acids is 1. The van der Waals surface area contributed by atoms with Crippen molar-refractivity contribution < 1.29 is 9.53 Å². The van der Waals surface area contributed by atoms with Crippen molar-refractivity contribution >= 4 is 16.7 Å². The lowest BCUT2D eigenvalue weighted by Gasteiger charge is -2.39. The van der Waals surface area contributed by atoms with E-state index in [0.29, 0.717) is 29.3 Å².